The number of nitrogens with zero attached hydrogens (tertiary/aromatic N) is 3. The van der Waals surface area contributed by atoms with Crippen LogP contribution in [-0.2, 0) is 21.7 Å². The molecule has 2 aromatic heterocycles. The number of aromatic hydroxyl groups is 1. The molecule has 0 saturated carbocycles. The highest BCUT2D eigenvalue weighted by molar-refractivity contribution is 5.97. The van der Waals surface area contributed by atoms with Crippen LogP contribution in [0.1, 0.15) is 159 Å². The van der Waals surface area contributed by atoms with Crippen LogP contribution in [0.15, 0.2) is 134 Å². The molecule has 0 aliphatic rings. The van der Waals surface area contributed by atoms with E-state index < -0.39 is 11.8 Å². The molecule has 4 nitrogen and oxygen atoms in total. The van der Waals surface area contributed by atoms with Crippen molar-refractivity contribution in [2.24, 2.45) is 0 Å². The molecule has 1 N–H and O–H groups in total. The second-order valence-corrected chi connectivity index (χ2v) is 23.4. The number of hydrogen-bond acceptors (Lipinski definition) is 3. The summed E-state index contributed by atoms with van der Waals surface area (Å²) in [6, 6.07) is 45.1. The largest absolute Gasteiger partial charge is 0.507 e. The molecule has 8 aromatic rings. The van der Waals surface area contributed by atoms with Gasteiger partial charge in [-0.25, -0.2) is 4.98 Å². The van der Waals surface area contributed by atoms with Crippen molar-refractivity contribution in [1.82, 2.24) is 14.5 Å². The van der Waals surface area contributed by atoms with Gasteiger partial charge in [-0.15, -0.1) is 0 Å². The fourth-order valence-electron chi connectivity index (χ4n) is 9.35. The van der Waals surface area contributed by atoms with Crippen LogP contribution in [-0.4, -0.2) is 19.6 Å². The van der Waals surface area contributed by atoms with Crippen molar-refractivity contribution in [3.63, 3.8) is 0 Å². The van der Waals surface area contributed by atoms with Gasteiger partial charge in [-0.05, 0) is 138 Å². The number of phenols is 1. The van der Waals surface area contributed by atoms with Crippen molar-refractivity contribution in [3.05, 3.63) is 167 Å². The third-order valence-electron chi connectivity index (χ3n) is 13.5. The van der Waals surface area contributed by atoms with Gasteiger partial charge in [0.25, 0.3) is 0 Å². The summed E-state index contributed by atoms with van der Waals surface area (Å²) < 4.78 is 20.5. The van der Waals surface area contributed by atoms with Gasteiger partial charge in [0.1, 0.15) is 11.6 Å². The maximum absolute atomic E-state index is 12.5. The highest BCUT2D eigenvalue weighted by Crippen LogP contribution is 2.46. The standard InChI is InChI=1S/C64H73N3O/c1-39(2)50-19-17-20-51(40(3)4)57(50)42-25-29-49(30-26-42)67-56-22-18-21-52(58(56)66-60(67)53-37-48(63(11,12)13)38-54(59(53)68)64(14,15)16)44-33-45(35-47(34-44)62(8,9)10)55-36-43(31-32-65-55)41-23-27-46(28-24-41)61(5,6)7/h17-40,68H,1-16H3/i39D,40D. The lowest BCUT2D eigenvalue weighted by molar-refractivity contribution is 0.446. The fourth-order valence-corrected chi connectivity index (χ4v) is 9.35. The molecule has 68 heavy (non-hydrogen) atoms. The van der Waals surface area contributed by atoms with Gasteiger partial charge >= 0.3 is 0 Å². The molecule has 0 spiro atoms. The Kier molecular flexibility index (Phi) is 11.8. The average Bonchev–Trinajstić information content (AvgIpc) is 3.66. The topological polar surface area (TPSA) is 50.9 Å². The monoisotopic (exact) mass is 902 g/mol. The Labute approximate surface area is 410 Å². The van der Waals surface area contributed by atoms with E-state index in [4.69, 9.17) is 12.7 Å². The lowest BCUT2D eigenvalue weighted by Gasteiger charge is -2.27. The molecule has 6 aromatic carbocycles. The summed E-state index contributed by atoms with van der Waals surface area (Å²) in [6.45, 7) is 34.2. The summed E-state index contributed by atoms with van der Waals surface area (Å²) in [5, 5.41) is 12.5. The Bertz CT molecular complexity index is 3210. The minimum atomic E-state index is -0.888. The maximum Gasteiger partial charge on any atom is 0.149 e. The first-order valence-electron chi connectivity index (χ1n) is 25.3. The number of hydrogen-bond donors (Lipinski definition) is 1. The molecule has 0 bridgehead atoms. The summed E-state index contributed by atoms with van der Waals surface area (Å²) >= 11 is 0. The lowest BCUT2D eigenvalue weighted by Crippen LogP contribution is -2.17. The summed E-state index contributed by atoms with van der Waals surface area (Å²) in [6.07, 6.45) is 1.91. The SMILES string of the molecule is [2H]C(C)(C)c1cccc(C([2H])(C)C)c1-c1ccc(-n2c(-c3cc(C(C)(C)C)cc(C(C)(C)C)c3O)nc3c(-c4cc(-c5cc(-c6ccc(C(C)(C)C)cc6)ccn5)cc(C(C)(C)C)c4)cccc32)cc1. The van der Waals surface area contributed by atoms with Crippen molar-refractivity contribution in [3.8, 4) is 67.5 Å². The molecule has 2 heterocycles. The average molecular weight is 902 g/mol. The zero-order valence-corrected chi connectivity index (χ0v) is 43.5. The maximum atomic E-state index is 12.5. The molecule has 0 aliphatic heterocycles. The van der Waals surface area contributed by atoms with E-state index in [1.165, 1.54) is 11.1 Å². The molecule has 0 radical (unpaired) electrons. The summed E-state index contributed by atoms with van der Waals surface area (Å²) in [4.78, 5) is 10.6. The molecule has 8 rings (SSSR count). The van der Waals surface area contributed by atoms with E-state index in [9.17, 15) is 5.11 Å². The van der Waals surface area contributed by atoms with Crippen molar-refractivity contribution in [1.29, 1.82) is 0 Å². The van der Waals surface area contributed by atoms with E-state index in [1.54, 1.807) is 0 Å². The number of benzene rings is 6. The zero-order chi connectivity index (χ0) is 51.1. The van der Waals surface area contributed by atoms with Crippen LogP contribution in [0.5, 0.6) is 5.75 Å². The van der Waals surface area contributed by atoms with Crippen molar-refractivity contribution < 1.29 is 7.85 Å². The van der Waals surface area contributed by atoms with Gasteiger partial charge in [0, 0.05) is 31.3 Å². The minimum absolute atomic E-state index is 0.0694. The van der Waals surface area contributed by atoms with E-state index in [1.807, 2.05) is 52.1 Å². The first-order chi connectivity index (χ1) is 32.4. The van der Waals surface area contributed by atoms with Gasteiger partial charge in [0.2, 0.25) is 0 Å². The van der Waals surface area contributed by atoms with Gasteiger partial charge in [0.15, 0.2) is 0 Å². The lowest BCUT2D eigenvalue weighted by atomic mass is 9.79. The number of fused-ring (bicyclic) bond motifs is 1. The number of aromatic nitrogens is 3. The molecule has 0 saturated heterocycles. The van der Waals surface area contributed by atoms with E-state index in [-0.39, 0.29) is 27.4 Å². The predicted molar refractivity (Wildman–Crippen MR) is 291 cm³/mol. The number of rotatable bonds is 8. The number of phenolic OH excluding ortho intramolecular Hbond substituents is 1. The molecular formula is C64H73N3O. The first kappa shape index (κ1) is 45.5. The Morgan fingerprint density at radius 2 is 1.06 bits per heavy atom. The van der Waals surface area contributed by atoms with Crippen molar-refractivity contribution in [2.45, 2.75) is 144 Å². The smallest absolute Gasteiger partial charge is 0.149 e. The van der Waals surface area contributed by atoms with Crippen LogP contribution in [0.4, 0.5) is 0 Å². The Morgan fingerprint density at radius 1 is 0.500 bits per heavy atom. The van der Waals surface area contributed by atoms with Crippen molar-refractivity contribution >= 4 is 11.0 Å². The van der Waals surface area contributed by atoms with Gasteiger partial charge < -0.3 is 5.11 Å². The Morgan fingerprint density at radius 3 is 1.63 bits per heavy atom. The highest BCUT2D eigenvalue weighted by atomic mass is 16.3. The minimum Gasteiger partial charge on any atom is -0.507 e. The quantitative estimate of drug-likeness (QED) is 0.165. The van der Waals surface area contributed by atoms with Crippen LogP contribution in [0.25, 0.3) is 72.7 Å². The van der Waals surface area contributed by atoms with E-state index in [0.717, 1.165) is 83.6 Å². The molecule has 0 amide bonds. The zero-order valence-electron chi connectivity index (χ0n) is 45.5. The Hall–Kier alpha value is -6.26. The van der Waals surface area contributed by atoms with Crippen LogP contribution < -0.4 is 0 Å². The number of imidazole rings is 1. The van der Waals surface area contributed by atoms with Crippen LogP contribution in [0.3, 0.4) is 0 Å². The van der Waals surface area contributed by atoms with Gasteiger partial charge in [0.05, 0.1) is 22.3 Å². The third-order valence-corrected chi connectivity index (χ3v) is 13.5. The molecule has 4 heteroatoms. The Balaban J connectivity index is 1.38. The molecule has 0 aliphatic carbocycles. The van der Waals surface area contributed by atoms with Crippen LogP contribution in [0, 0.1) is 0 Å². The second kappa shape index (κ2) is 17.7. The molecule has 0 unspecified atom stereocenters. The first-order valence-corrected chi connectivity index (χ1v) is 24.3. The summed E-state index contributed by atoms with van der Waals surface area (Å²) in [5.41, 5.74) is 16.9. The number of pyridine rings is 1. The molecule has 0 atom stereocenters. The van der Waals surface area contributed by atoms with Gasteiger partial charge in [-0.3, -0.25) is 9.55 Å². The highest BCUT2D eigenvalue weighted by Gasteiger charge is 2.29. The molecule has 0 fully saturated rings. The van der Waals surface area contributed by atoms with Crippen LogP contribution in [0.2, 0.25) is 0 Å². The molecule has 350 valence electrons. The normalized spacial score (nSPS) is 13.5. The number of para-hydroxylation sites is 1. The summed E-state index contributed by atoms with van der Waals surface area (Å²) in [7, 11) is 0. The van der Waals surface area contributed by atoms with E-state index in [2.05, 4.69) is 197 Å². The summed E-state index contributed by atoms with van der Waals surface area (Å²) in [5.74, 6) is -0.911. The fraction of sp³-hybridized carbons (Fsp3) is 0.344. The van der Waals surface area contributed by atoms with E-state index >= 15 is 0 Å². The predicted octanol–water partition coefficient (Wildman–Crippen LogP) is 17.9. The van der Waals surface area contributed by atoms with Gasteiger partial charge in [-0.1, -0.05) is 190 Å². The molecular weight excluding hydrogens is 827 g/mol. The van der Waals surface area contributed by atoms with E-state index in [0.29, 0.717) is 11.4 Å². The second-order valence-electron chi connectivity index (χ2n) is 23.4. The van der Waals surface area contributed by atoms with Crippen molar-refractivity contribution in [2.75, 3.05) is 0 Å². The third kappa shape index (κ3) is 9.44. The van der Waals surface area contributed by atoms with Crippen LogP contribution >= 0.6 is 0 Å². The van der Waals surface area contributed by atoms with Gasteiger partial charge in [-0.2, -0.15) is 0 Å².